The molecule has 1 aromatic heterocycles. The second-order valence-corrected chi connectivity index (χ2v) is 4.14. The highest BCUT2D eigenvalue weighted by atomic mass is 16.6. The van der Waals surface area contributed by atoms with Gasteiger partial charge in [-0.05, 0) is 37.3 Å². The number of carbonyl (C=O) groups is 2. The average Bonchev–Trinajstić information content (AvgIpc) is 2.53. The van der Waals surface area contributed by atoms with Gasteiger partial charge in [-0.2, -0.15) is 0 Å². The van der Waals surface area contributed by atoms with Crippen molar-refractivity contribution in [1.29, 1.82) is 0 Å². The van der Waals surface area contributed by atoms with Gasteiger partial charge in [-0.1, -0.05) is 6.07 Å². The summed E-state index contributed by atoms with van der Waals surface area (Å²) < 4.78 is 0. The lowest BCUT2D eigenvalue weighted by atomic mass is 10.2. The normalized spacial score (nSPS) is 9.95. The number of hydrogen-bond acceptors (Lipinski definition) is 4. The van der Waals surface area contributed by atoms with E-state index in [0.29, 0.717) is 23.4 Å². The Kier molecular flexibility index (Phi) is 5.00. The molecule has 1 aromatic carbocycles. The lowest BCUT2D eigenvalue weighted by Gasteiger charge is -2.07. The van der Waals surface area contributed by atoms with Gasteiger partial charge in [0.05, 0.1) is 12.2 Å². The number of benzene rings is 1. The molecule has 6 nitrogen and oxygen atoms in total. The van der Waals surface area contributed by atoms with Crippen LogP contribution in [0.4, 0.5) is 5.69 Å². The Morgan fingerprint density at radius 2 is 1.95 bits per heavy atom. The summed E-state index contributed by atoms with van der Waals surface area (Å²) >= 11 is 0. The van der Waals surface area contributed by atoms with Crippen molar-refractivity contribution < 1.29 is 14.4 Å². The van der Waals surface area contributed by atoms with Crippen LogP contribution in [-0.2, 0) is 4.84 Å². The smallest absolute Gasteiger partial charge is 0.274 e. The molecule has 0 fully saturated rings. The second-order valence-electron chi connectivity index (χ2n) is 4.14. The van der Waals surface area contributed by atoms with Gasteiger partial charge < -0.3 is 5.32 Å². The Bertz CT molecular complexity index is 629. The summed E-state index contributed by atoms with van der Waals surface area (Å²) in [5.74, 6) is -0.653. The third kappa shape index (κ3) is 4.12. The van der Waals surface area contributed by atoms with Crippen LogP contribution in [0.2, 0.25) is 0 Å². The van der Waals surface area contributed by atoms with Crippen molar-refractivity contribution in [2.24, 2.45) is 0 Å². The molecular formula is C15H15N3O3. The summed E-state index contributed by atoms with van der Waals surface area (Å²) in [4.78, 5) is 32.5. The minimum Gasteiger partial charge on any atom is -0.322 e. The van der Waals surface area contributed by atoms with E-state index in [-0.39, 0.29) is 11.8 Å². The van der Waals surface area contributed by atoms with Gasteiger partial charge >= 0.3 is 0 Å². The summed E-state index contributed by atoms with van der Waals surface area (Å²) in [7, 11) is 0. The molecule has 0 atom stereocenters. The van der Waals surface area contributed by atoms with Crippen LogP contribution in [0.5, 0.6) is 0 Å². The molecule has 0 saturated heterocycles. The van der Waals surface area contributed by atoms with Crippen LogP contribution in [-0.4, -0.2) is 23.4 Å². The Morgan fingerprint density at radius 3 is 2.67 bits per heavy atom. The SMILES string of the molecule is CCONC(=O)c1cccc(NC(=O)c2cccnc2)c1. The number of nitrogens with zero attached hydrogens (tertiary/aromatic N) is 1. The molecule has 0 unspecified atom stereocenters. The molecule has 0 aliphatic heterocycles. The predicted molar refractivity (Wildman–Crippen MR) is 77.7 cm³/mol. The van der Waals surface area contributed by atoms with E-state index in [1.165, 1.54) is 6.20 Å². The van der Waals surface area contributed by atoms with Gasteiger partial charge in [0.25, 0.3) is 11.8 Å². The first-order valence-electron chi connectivity index (χ1n) is 6.44. The lowest BCUT2D eigenvalue weighted by molar-refractivity contribution is 0.0364. The third-order valence-electron chi connectivity index (χ3n) is 2.62. The predicted octanol–water partition coefficient (Wildman–Crippen LogP) is 2.02. The minimum atomic E-state index is -0.366. The number of hydroxylamine groups is 1. The van der Waals surface area contributed by atoms with Crippen LogP contribution in [0, 0.1) is 0 Å². The molecule has 108 valence electrons. The maximum Gasteiger partial charge on any atom is 0.274 e. The van der Waals surface area contributed by atoms with E-state index in [4.69, 9.17) is 4.84 Å². The molecule has 1 heterocycles. The average molecular weight is 285 g/mol. The van der Waals surface area contributed by atoms with Gasteiger partial charge in [-0.3, -0.25) is 19.4 Å². The Morgan fingerprint density at radius 1 is 1.14 bits per heavy atom. The molecule has 2 aromatic rings. The van der Waals surface area contributed by atoms with Crippen molar-refractivity contribution in [2.75, 3.05) is 11.9 Å². The molecule has 0 aliphatic rings. The number of amides is 2. The summed E-state index contributed by atoms with van der Waals surface area (Å²) in [6.07, 6.45) is 3.07. The van der Waals surface area contributed by atoms with E-state index >= 15 is 0 Å². The fraction of sp³-hybridized carbons (Fsp3) is 0.133. The highest BCUT2D eigenvalue weighted by molar-refractivity contribution is 6.04. The van der Waals surface area contributed by atoms with E-state index in [1.807, 2.05) is 0 Å². The summed E-state index contributed by atoms with van der Waals surface area (Å²) in [6.45, 7) is 2.15. The number of aromatic nitrogens is 1. The first-order chi connectivity index (χ1) is 10.2. The van der Waals surface area contributed by atoms with Gasteiger partial charge in [-0.15, -0.1) is 0 Å². The van der Waals surface area contributed by atoms with E-state index in [1.54, 1.807) is 49.5 Å². The maximum atomic E-state index is 12.0. The first kappa shape index (κ1) is 14.7. The van der Waals surface area contributed by atoms with Gasteiger partial charge in [0.1, 0.15) is 0 Å². The molecule has 6 heteroatoms. The van der Waals surface area contributed by atoms with Crippen LogP contribution in [0.25, 0.3) is 0 Å². The molecule has 0 aliphatic carbocycles. The third-order valence-corrected chi connectivity index (χ3v) is 2.62. The number of anilines is 1. The number of rotatable bonds is 5. The fourth-order valence-corrected chi connectivity index (χ4v) is 1.64. The largest absolute Gasteiger partial charge is 0.322 e. The topological polar surface area (TPSA) is 80.3 Å². The standard InChI is InChI=1S/C15H15N3O3/c1-2-21-18-15(20)11-5-3-7-13(9-11)17-14(19)12-6-4-8-16-10-12/h3-10H,2H2,1H3,(H,17,19)(H,18,20). The first-order valence-corrected chi connectivity index (χ1v) is 6.44. The van der Waals surface area contributed by atoms with Crippen LogP contribution >= 0.6 is 0 Å². The zero-order chi connectivity index (χ0) is 15.1. The Labute approximate surface area is 122 Å². The van der Waals surface area contributed by atoms with Crippen LogP contribution in [0.3, 0.4) is 0 Å². The van der Waals surface area contributed by atoms with E-state index < -0.39 is 0 Å². The van der Waals surface area contributed by atoms with E-state index in [0.717, 1.165) is 0 Å². The molecule has 2 rings (SSSR count). The molecule has 0 bridgehead atoms. The van der Waals surface area contributed by atoms with Gasteiger partial charge in [0.15, 0.2) is 0 Å². The van der Waals surface area contributed by atoms with Crippen molar-refractivity contribution in [3.8, 4) is 0 Å². The number of pyridine rings is 1. The van der Waals surface area contributed by atoms with Crippen molar-refractivity contribution in [3.63, 3.8) is 0 Å². The molecule has 0 saturated carbocycles. The quantitative estimate of drug-likeness (QED) is 0.824. The highest BCUT2D eigenvalue weighted by Gasteiger charge is 2.09. The molecular weight excluding hydrogens is 270 g/mol. The van der Waals surface area contributed by atoms with Crippen LogP contribution in [0.15, 0.2) is 48.8 Å². The van der Waals surface area contributed by atoms with E-state index in [9.17, 15) is 9.59 Å². The summed E-state index contributed by atoms with van der Waals surface area (Å²) in [5.41, 5.74) is 3.66. The fourth-order valence-electron chi connectivity index (χ4n) is 1.64. The molecule has 21 heavy (non-hydrogen) atoms. The number of hydrogen-bond donors (Lipinski definition) is 2. The van der Waals surface area contributed by atoms with Crippen LogP contribution in [0.1, 0.15) is 27.6 Å². The second kappa shape index (κ2) is 7.16. The van der Waals surface area contributed by atoms with Crippen molar-refractivity contribution in [2.45, 2.75) is 6.92 Å². The highest BCUT2D eigenvalue weighted by Crippen LogP contribution is 2.12. The summed E-state index contributed by atoms with van der Waals surface area (Å²) in [6, 6.07) is 9.93. The van der Waals surface area contributed by atoms with Gasteiger partial charge in [-0.25, -0.2) is 5.48 Å². The maximum absolute atomic E-state index is 12.0. The van der Waals surface area contributed by atoms with Crippen molar-refractivity contribution in [3.05, 3.63) is 59.9 Å². The van der Waals surface area contributed by atoms with Crippen molar-refractivity contribution >= 4 is 17.5 Å². The summed E-state index contributed by atoms with van der Waals surface area (Å²) in [5, 5.41) is 2.71. The van der Waals surface area contributed by atoms with Crippen LogP contribution < -0.4 is 10.8 Å². The van der Waals surface area contributed by atoms with Crippen molar-refractivity contribution in [1.82, 2.24) is 10.5 Å². The monoisotopic (exact) mass is 285 g/mol. The number of nitrogens with one attached hydrogen (secondary N) is 2. The zero-order valence-corrected chi connectivity index (χ0v) is 11.5. The molecule has 0 spiro atoms. The lowest BCUT2D eigenvalue weighted by Crippen LogP contribution is -2.23. The Hall–Kier alpha value is -2.73. The molecule has 2 amide bonds. The Balaban J connectivity index is 2.07. The molecule has 2 N–H and O–H groups in total. The van der Waals surface area contributed by atoms with Gasteiger partial charge in [0.2, 0.25) is 0 Å². The number of carbonyl (C=O) groups excluding carboxylic acids is 2. The zero-order valence-electron chi connectivity index (χ0n) is 11.5. The molecule has 0 radical (unpaired) electrons. The minimum absolute atomic E-state index is 0.287. The van der Waals surface area contributed by atoms with Gasteiger partial charge in [0, 0.05) is 23.6 Å². The van der Waals surface area contributed by atoms with E-state index in [2.05, 4.69) is 15.8 Å².